The van der Waals surface area contributed by atoms with Crippen molar-refractivity contribution in [2.45, 2.75) is 32.5 Å². The largest absolute Gasteiger partial charge is 0.390 e. The maximum atomic E-state index is 9.38. The summed E-state index contributed by atoms with van der Waals surface area (Å²) in [5, 5.41) is 18.6. The van der Waals surface area contributed by atoms with Crippen molar-refractivity contribution in [2.24, 2.45) is 5.92 Å². The summed E-state index contributed by atoms with van der Waals surface area (Å²) >= 11 is 0. The molecule has 0 aliphatic rings. The van der Waals surface area contributed by atoms with Gasteiger partial charge in [0.15, 0.2) is 0 Å². The van der Waals surface area contributed by atoms with Crippen LogP contribution in [0.3, 0.4) is 0 Å². The van der Waals surface area contributed by atoms with E-state index in [1.165, 1.54) is 6.08 Å². The van der Waals surface area contributed by atoms with Crippen LogP contribution >= 0.6 is 0 Å². The molecule has 0 aromatic carbocycles. The Morgan fingerprint density at radius 1 is 1.50 bits per heavy atom. The highest BCUT2D eigenvalue weighted by Crippen LogP contribution is 2.19. The normalized spacial score (nSPS) is 18.1. The molecule has 2 atom stereocenters. The molecule has 0 radical (unpaired) electrons. The highest BCUT2D eigenvalue weighted by atomic mass is 16.3. The zero-order valence-corrected chi connectivity index (χ0v) is 6.83. The lowest BCUT2D eigenvalue weighted by atomic mass is 9.88. The first kappa shape index (κ1) is 9.66. The summed E-state index contributed by atoms with van der Waals surface area (Å²) in [6.07, 6.45) is 0.808. The molecule has 0 bridgehead atoms. The van der Waals surface area contributed by atoms with Crippen LogP contribution in [-0.2, 0) is 0 Å². The predicted molar refractivity (Wildman–Crippen MR) is 41.7 cm³/mol. The summed E-state index contributed by atoms with van der Waals surface area (Å²) in [4.78, 5) is 0. The van der Waals surface area contributed by atoms with E-state index in [2.05, 4.69) is 6.58 Å². The van der Waals surface area contributed by atoms with Crippen molar-refractivity contribution < 1.29 is 10.2 Å². The molecule has 0 aliphatic heterocycles. The van der Waals surface area contributed by atoms with E-state index in [-0.39, 0.29) is 5.92 Å². The smallest absolute Gasteiger partial charge is 0.0771 e. The van der Waals surface area contributed by atoms with Gasteiger partial charge in [0.05, 0.1) is 11.7 Å². The van der Waals surface area contributed by atoms with Gasteiger partial charge >= 0.3 is 0 Å². The molecular weight excluding hydrogens is 128 g/mol. The lowest BCUT2D eigenvalue weighted by Crippen LogP contribution is -2.36. The molecule has 0 saturated carbocycles. The molecule has 0 aromatic rings. The monoisotopic (exact) mass is 144 g/mol. The van der Waals surface area contributed by atoms with Crippen molar-refractivity contribution in [1.29, 1.82) is 0 Å². The molecule has 2 unspecified atom stereocenters. The van der Waals surface area contributed by atoms with Gasteiger partial charge in [-0.05, 0) is 13.8 Å². The minimum absolute atomic E-state index is 0.176. The molecule has 10 heavy (non-hydrogen) atoms. The SMILES string of the molecule is C=CC(O)C(C)C(C)(C)O. The highest BCUT2D eigenvalue weighted by Gasteiger charge is 2.26. The van der Waals surface area contributed by atoms with Gasteiger partial charge in [0.1, 0.15) is 0 Å². The van der Waals surface area contributed by atoms with Crippen LogP contribution in [0.15, 0.2) is 12.7 Å². The Balaban J connectivity index is 4.07. The van der Waals surface area contributed by atoms with E-state index in [4.69, 9.17) is 0 Å². The van der Waals surface area contributed by atoms with E-state index in [0.29, 0.717) is 0 Å². The van der Waals surface area contributed by atoms with Gasteiger partial charge in [-0.3, -0.25) is 0 Å². The van der Waals surface area contributed by atoms with Gasteiger partial charge < -0.3 is 10.2 Å². The second-order valence-corrected chi connectivity index (χ2v) is 3.17. The molecule has 2 heteroatoms. The number of hydrogen-bond acceptors (Lipinski definition) is 2. The van der Waals surface area contributed by atoms with Crippen LogP contribution in [0.25, 0.3) is 0 Å². The molecule has 0 spiro atoms. The van der Waals surface area contributed by atoms with Crippen molar-refractivity contribution in [3.05, 3.63) is 12.7 Å². The van der Waals surface area contributed by atoms with Crippen molar-refractivity contribution in [2.75, 3.05) is 0 Å². The second kappa shape index (κ2) is 3.17. The first-order valence-electron chi connectivity index (χ1n) is 3.42. The minimum Gasteiger partial charge on any atom is -0.390 e. The average molecular weight is 144 g/mol. The molecular formula is C8H16O2. The van der Waals surface area contributed by atoms with Crippen LogP contribution < -0.4 is 0 Å². The molecule has 60 valence electrons. The first-order valence-corrected chi connectivity index (χ1v) is 3.42. The quantitative estimate of drug-likeness (QED) is 0.579. The summed E-state index contributed by atoms with van der Waals surface area (Å²) in [6, 6.07) is 0. The van der Waals surface area contributed by atoms with Gasteiger partial charge in [0.2, 0.25) is 0 Å². The maximum absolute atomic E-state index is 9.38. The van der Waals surface area contributed by atoms with Crippen LogP contribution in [0.5, 0.6) is 0 Å². The molecule has 0 rings (SSSR count). The van der Waals surface area contributed by atoms with Crippen LogP contribution in [-0.4, -0.2) is 21.9 Å². The van der Waals surface area contributed by atoms with Gasteiger partial charge in [-0.2, -0.15) is 0 Å². The molecule has 0 fully saturated rings. The third-order valence-corrected chi connectivity index (χ3v) is 1.87. The van der Waals surface area contributed by atoms with E-state index in [1.807, 2.05) is 0 Å². The van der Waals surface area contributed by atoms with Crippen molar-refractivity contribution in [3.63, 3.8) is 0 Å². The zero-order chi connectivity index (χ0) is 8.36. The van der Waals surface area contributed by atoms with Gasteiger partial charge in [0, 0.05) is 5.92 Å². The zero-order valence-electron chi connectivity index (χ0n) is 6.83. The Labute approximate surface area is 62.2 Å². The minimum atomic E-state index is -0.840. The highest BCUT2D eigenvalue weighted by molar-refractivity contribution is 4.89. The third-order valence-electron chi connectivity index (χ3n) is 1.87. The Kier molecular flexibility index (Phi) is 3.06. The number of rotatable bonds is 3. The Bertz CT molecular complexity index is 113. The van der Waals surface area contributed by atoms with Crippen LogP contribution in [0.4, 0.5) is 0 Å². The van der Waals surface area contributed by atoms with Gasteiger partial charge in [-0.25, -0.2) is 0 Å². The molecule has 2 N–H and O–H groups in total. The predicted octanol–water partition coefficient (Wildman–Crippen LogP) is 0.940. The summed E-state index contributed by atoms with van der Waals surface area (Å²) in [5.74, 6) is -0.176. The van der Waals surface area contributed by atoms with E-state index >= 15 is 0 Å². The molecule has 0 aliphatic carbocycles. The summed E-state index contributed by atoms with van der Waals surface area (Å²) < 4.78 is 0. The molecule has 0 heterocycles. The lowest BCUT2D eigenvalue weighted by Gasteiger charge is -2.28. The van der Waals surface area contributed by atoms with Crippen molar-refractivity contribution >= 4 is 0 Å². The maximum Gasteiger partial charge on any atom is 0.0771 e. The van der Waals surface area contributed by atoms with Crippen LogP contribution in [0.1, 0.15) is 20.8 Å². The fourth-order valence-electron chi connectivity index (χ4n) is 0.622. The van der Waals surface area contributed by atoms with Gasteiger partial charge in [-0.15, -0.1) is 6.58 Å². The molecule has 0 amide bonds. The van der Waals surface area contributed by atoms with Crippen LogP contribution in [0.2, 0.25) is 0 Å². The van der Waals surface area contributed by atoms with Crippen molar-refractivity contribution in [3.8, 4) is 0 Å². The average Bonchev–Trinajstić information content (AvgIpc) is 1.83. The first-order chi connectivity index (χ1) is 4.39. The Hall–Kier alpha value is -0.340. The number of aliphatic hydroxyl groups excluding tert-OH is 1. The number of aliphatic hydroxyl groups is 2. The standard InChI is InChI=1S/C8H16O2/c1-5-7(9)6(2)8(3,4)10/h5-7,9-10H,1H2,2-4H3. The van der Waals surface area contributed by atoms with E-state index in [0.717, 1.165) is 0 Å². The van der Waals surface area contributed by atoms with Gasteiger partial charge in [0.25, 0.3) is 0 Å². The fourth-order valence-corrected chi connectivity index (χ4v) is 0.622. The molecule has 0 saturated heterocycles. The fraction of sp³-hybridized carbons (Fsp3) is 0.750. The summed E-state index contributed by atoms with van der Waals surface area (Å²) in [7, 11) is 0. The summed E-state index contributed by atoms with van der Waals surface area (Å²) in [6.45, 7) is 8.56. The Morgan fingerprint density at radius 3 is 2.00 bits per heavy atom. The second-order valence-electron chi connectivity index (χ2n) is 3.17. The molecule has 2 nitrogen and oxygen atoms in total. The van der Waals surface area contributed by atoms with E-state index < -0.39 is 11.7 Å². The number of hydrogen-bond donors (Lipinski definition) is 2. The Morgan fingerprint density at radius 2 is 1.90 bits per heavy atom. The summed E-state index contributed by atoms with van der Waals surface area (Å²) in [5.41, 5.74) is -0.840. The van der Waals surface area contributed by atoms with E-state index in [9.17, 15) is 10.2 Å². The van der Waals surface area contributed by atoms with E-state index in [1.54, 1.807) is 20.8 Å². The lowest BCUT2D eigenvalue weighted by molar-refractivity contribution is -0.0218. The third kappa shape index (κ3) is 2.50. The topological polar surface area (TPSA) is 40.5 Å². The van der Waals surface area contributed by atoms with Gasteiger partial charge in [-0.1, -0.05) is 13.0 Å². The van der Waals surface area contributed by atoms with Crippen LogP contribution in [0, 0.1) is 5.92 Å². The molecule has 0 aromatic heterocycles. The van der Waals surface area contributed by atoms with Crippen molar-refractivity contribution in [1.82, 2.24) is 0 Å².